The number of rotatable bonds is 18. The summed E-state index contributed by atoms with van der Waals surface area (Å²) in [6.07, 6.45) is 15.3. The molecule has 0 aromatic carbocycles. The van der Waals surface area contributed by atoms with Gasteiger partial charge in [-0.15, -0.1) is 0 Å². The normalized spacial score (nSPS) is 13.0. The van der Waals surface area contributed by atoms with Crippen LogP contribution in [0.3, 0.4) is 0 Å². The first-order chi connectivity index (χ1) is 14.1. The zero-order valence-electron chi connectivity index (χ0n) is 18.8. The van der Waals surface area contributed by atoms with Crippen LogP contribution in [-0.4, -0.2) is 66.4 Å². The number of allylic oxidation sites excluding steroid dienone is 4. The number of carbonyl (C=O) groups is 3. The van der Waals surface area contributed by atoms with Gasteiger partial charge in [-0.25, -0.2) is 0 Å². The largest absolute Gasteiger partial charge is 0.481 e. The second-order valence-corrected chi connectivity index (χ2v) is 8.60. The van der Waals surface area contributed by atoms with Crippen LogP contribution in [0.25, 0.3) is 0 Å². The molecule has 0 radical (unpaired) electrons. The molecular weight excluding hydrogens is 386 g/mol. The van der Waals surface area contributed by atoms with E-state index in [4.69, 9.17) is 14.9 Å². The van der Waals surface area contributed by atoms with E-state index in [2.05, 4.69) is 24.3 Å². The van der Waals surface area contributed by atoms with Crippen LogP contribution in [0.1, 0.15) is 70.6 Å². The summed E-state index contributed by atoms with van der Waals surface area (Å²) in [6, 6.07) is 0. The maximum atomic E-state index is 12.0. The van der Waals surface area contributed by atoms with E-state index in [0.29, 0.717) is 17.4 Å². The number of carboxylic acid groups (broad SMARTS) is 2. The standard InChI is InChI=1S/C23H39NO6/c1-24(2,3)19-20(18-22(27)28)30-23(29)17-15-13-11-9-7-5-4-6-8-10-12-14-16-21(25)26/h4,6-7,9,20H,5,8,10-19H2,1-3H3,(H-,25,26,27,28)/p+1/b6-4+,9-7+. The van der Waals surface area contributed by atoms with Gasteiger partial charge < -0.3 is 19.4 Å². The maximum Gasteiger partial charge on any atom is 0.307 e. The first-order valence-electron chi connectivity index (χ1n) is 10.8. The molecular formula is C23H40NO6+. The fourth-order valence-electron chi connectivity index (χ4n) is 2.95. The van der Waals surface area contributed by atoms with Crippen molar-refractivity contribution in [2.24, 2.45) is 0 Å². The van der Waals surface area contributed by atoms with Gasteiger partial charge in [-0.1, -0.05) is 30.7 Å². The molecule has 0 aromatic heterocycles. The molecule has 0 aliphatic heterocycles. The van der Waals surface area contributed by atoms with Gasteiger partial charge in [0.2, 0.25) is 0 Å². The lowest BCUT2D eigenvalue weighted by molar-refractivity contribution is -0.873. The van der Waals surface area contributed by atoms with E-state index in [1.807, 2.05) is 21.1 Å². The van der Waals surface area contributed by atoms with E-state index in [0.717, 1.165) is 51.4 Å². The summed E-state index contributed by atoms with van der Waals surface area (Å²) in [5.41, 5.74) is 0. The minimum atomic E-state index is -0.960. The number of quaternary nitrogens is 1. The number of likely N-dealkylation sites (N-methyl/N-ethyl adjacent to an activating group) is 1. The van der Waals surface area contributed by atoms with E-state index in [9.17, 15) is 14.4 Å². The van der Waals surface area contributed by atoms with Gasteiger partial charge >= 0.3 is 17.9 Å². The summed E-state index contributed by atoms with van der Waals surface area (Å²) < 4.78 is 5.90. The van der Waals surface area contributed by atoms with Crippen LogP contribution in [0, 0.1) is 0 Å². The molecule has 7 nitrogen and oxygen atoms in total. The number of nitrogens with zero attached hydrogens (tertiary/aromatic N) is 1. The van der Waals surface area contributed by atoms with E-state index in [1.54, 1.807) is 0 Å². The summed E-state index contributed by atoms with van der Waals surface area (Å²) in [5.74, 6) is -2.02. The number of ether oxygens (including phenoxy) is 1. The van der Waals surface area contributed by atoms with E-state index in [-0.39, 0.29) is 18.8 Å². The van der Waals surface area contributed by atoms with Gasteiger partial charge in [0.15, 0.2) is 6.10 Å². The minimum Gasteiger partial charge on any atom is -0.481 e. The molecule has 2 N–H and O–H groups in total. The summed E-state index contributed by atoms with van der Waals surface area (Å²) in [5, 5.41) is 17.5. The molecule has 0 aliphatic rings. The summed E-state index contributed by atoms with van der Waals surface area (Å²) in [4.78, 5) is 33.3. The Morgan fingerprint density at radius 1 is 0.800 bits per heavy atom. The maximum absolute atomic E-state index is 12.0. The topological polar surface area (TPSA) is 101 Å². The van der Waals surface area contributed by atoms with Crippen LogP contribution in [-0.2, 0) is 19.1 Å². The van der Waals surface area contributed by atoms with Crippen LogP contribution >= 0.6 is 0 Å². The third-order valence-corrected chi connectivity index (χ3v) is 4.32. The Bertz CT molecular complexity index is 563. The molecule has 0 amide bonds. The average molecular weight is 427 g/mol. The molecule has 1 unspecified atom stereocenters. The third kappa shape index (κ3) is 20.6. The Morgan fingerprint density at radius 2 is 1.37 bits per heavy atom. The van der Waals surface area contributed by atoms with E-state index in [1.165, 1.54) is 0 Å². The second kappa shape index (κ2) is 16.6. The molecule has 0 fully saturated rings. The number of hydrogen-bond acceptors (Lipinski definition) is 4. The van der Waals surface area contributed by atoms with Gasteiger partial charge in [-0.05, 0) is 44.9 Å². The van der Waals surface area contributed by atoms with Crippen LogP contribution < -0.4 is 0 Å². The van der Waals surface area contributed by atoms with Crippen molar-refractivity contribution in [2.45, 2.75) is 76.7 Å². The van der Waals surface area contributed by atoms with Gasteiger partial charge in [0.1, 0.15) is 6.54 Å². The molecule has 1 atom stereocenters. The fourth-order valence-corrected chi connectivity index (χ4v) is 2.95. The van der Waals surface area contributed by atoms with Gasteiger partial charge in [-0.3, -0.25) is 14.4 Å². The number of unbranched alkanes of at least 4 members (excludes halogenated alkanes) is 5. The number of carboxylic acids is 2. The van der Waals surface area contributed by atoms with E-state index < -0.39 is 18.0 Å². The van der Waals surface area contributed by atoms with Crippen LogP contribution in [0.5, 0.6) is 0 Å². The summed E-state index contributed by atoms with van der Waals surface area (Å²) in [6.45, 7) is 0.469. The van der Waals surface area contributed by atoms with Crippen LogP contribution in [0.2, 0.25) is 0 Å². The van der Waals surface area contributed by atoms with Crippen molar-refractivity contribution in [1.29, 1.82) is 0 Å². The van der Waals surface area contributed by atoms with Gasteiger partial charge in [0.25, 0.3) is 0 Å². The van der Waals surface area contributed by atoms with Crippen molar-refractivity contribution >= 4 is 17.9 Å². The zero-order valence-corrected chi connectivity index (χ0v) is 18.8. The highest BCUT2D eigenvalue weighted by Crippen LogP contribution is 2.09. The molecule has 7 heteroatoms. The summed E-state index contributed by atoms with van der Waals surface area (Å²) >= 11 is 0. The SMILES string of the molecule is C[N+](C)(C)CC(CC(=O)O)OC(=O)CCCC/C=C/C/C=C/CCCCCC(=O)O. The number of hydrogen-bond donors (Lipinski definition) is 2. The monoisotopic (exact) mass is 426 g/mol. The molecule has 0 bridgehead atoms. The molecule has 172 valence electrons. The van der Waals surface area contributed by atoms with Crippen molar-refractivity contribution < 1.29 is 33.8 Å². The van der Waals surface area contributed by atoms with Gasteiger partial charge in [-0.2, -0.15) is 0 Å². The molecule has 0 saturated heterocycles. The lowest BCUT2D eigenvalue weighted by Gasteiger charge is -2.28. The summed E-state index contributed by atoms with van der Waals surface area (Å²) in [7, 11) is 5.81. The second-order valence-electron chi connectivity index (χ2n) is 8.60. The first kappa shape index (κ1) is 27.8. The predicted octanol–water partition coefficient (Wildman–Crippen LogP) is 4.18. The Morgan fingerprint density at radius 3 is 1.90 bits per heavy atom. The average Bonchev–Trinajstić information content (AvgIpc) is 2.59. The zero-order chi connectivity index (χ0) is 22.8. The Labute approximate surface area is 181 Å². The highest BCUT2D eigenvalue weighted by atomic mass is 16.5. The van der Waals surface area contributed by atoms with Gasteiger partial charge in [0, 0.05) is 12.8 Å². The first-order valence-corrected chi connectivity index (χ1v) is 10.8. The molecule has 0 saturated carbocycles. The van der Waals surface area contributed by atoms with Crippen molar-refractivity contribution in [2.75, 3.05) is 27.7 Å². The number of esters is 1. The number of aliphatic carboxylic acids is 2. The molecule has 0 rings (SSSR count). The van der Waals surface area contributed by atoms with Crippen molar-refractivity contribution in [1.82, 2.24) is 0 Å². The Hall–Kier alpha value is -2.15. The highest BCUT2D eigenvalue weighted by molar-refractivity contribution is 5.71. The van der Waals surface area contributed by atoms with Crippen molar-refractivity contribution in [3.05, 3.63) is 24.3 Å². The molecule has 0 aromatic rings. The van der Waals surface area contributed by atoms with E-state index >= 15 is 0 Å². The van der Waals surface area contributed by atoms with Crippen LogP contribution in [0.4, 0.5) is 0 Å². The predicted molar refractivity (Wildman–Crippen MR) is 117 cm³/mol. The Kier molecular flexibility index (Phi) is 15.4. The lowest BCUT2D eigenvalue weighted by atomic mass is 10.1. The molecule has 0 aliphatic carbocycles. The highest BCUT2D eigenvalue weighted by Gasteiger charge is 2.24. The Balaban J connectivity index is 3.80. The van der Waals surface area contributed by atoms with Crippen LogP contribution in [0.15, 0.2) is 24.3 Å². The lowest BCUT2D eigenvalue weighted by Crippen LogP contribution is -2.43. The van der Waals surface area contributed by atoms with Gasteiger partial charge in [0.05, 0.1) is 27.6 Å². The molecule has 0 heterocycles. The minimum absolute atomic E-state index is 0.167. The fraction of sp³-hybridized carbons (Fsp3) is 0.696. The quantitative estimate of drug-likeness (QED) is 0.148. The molecule has 0 spiro atoms. The molecule has 30 heavy (non-hydrogen) atoms. The van der Waals surface area contributed by atoms with Crippen molar-refractivity contribution in [3.8, 4) is 0 Å². The van der Waals surface area contributed by atoms with Crippen molar-refractivity contribution in [3.63, 3.8) is 0 Å². The smallest absolute Gasteiger partial charge is 0.307 e. The number of carbonyl (C=O) groups excluding carboxylic acids is 1. The third-order valence-electron chi connectivity index (χ3n) is 4.32.